The minimum atomic E-state index is -4.65. The summed E-state index contributed by atoms with van der Waals surface area (Å²) in [6, 6.07) is 6.37. The van der Waals surface area contributed by atoms with E-state index < -0.39 is 23.4 Å². The van der Waals surface area contributed by atoms with Crippen LogP contribution < -0.4 is 5.32 Å². The minimum Gasteiger partial charge on any atom is -0.369 e. The van der Waals surface area contributed by atoms with Gasteiger partial charge in [-0.1, -0.05) is 11.6 Å². The molecule has 4 rings (SSSR count). The number of anilines is 1. The van der Waals surface area contributed by atoms with Gasteiger partial charge in [0.05, 0.1) is 11.3 Å². The van der Waals surface area contributed by atoms with E-state index in [0.717, 1.165) is 16.8 Å². The Labute approximate surface area is 155 Å². The Morgan fingerprint density at radius 3 is 2.56 bits per heavy atom. The van der Waals surface area contributed by atoms with Crippen molar-refractivity contribution in [2.24, 2.45) is 0 Å². The summed E-state index contributed by atoms with van der Waals surface area (Å²) < 4.78 is 69.0. The smallest absolute Gasteiger partial charge is 0.369 e. The van der Waals surface area contributed by atoms with E-state index in [2.05, 4.69) is 10.4 Å². The molecule has 0 aliphatic carbocycles. The second-order valence-corrected chi connectivity index (χ2v) is 6.48. The molecular formula is C18H11ClF5N3. The zero-order chi connectivity index (χ0) is 19.3. The van der Waals surface area contributed by atoms with E-state index in [1.54, 1.807) is 0 Å². The average Bonchev–Trinajstić information content (AvgIpc) is 3.17. The summed E-state index contributed by atoms with van der Waals surface area (Å²) in [6.07, 6.45) is -4.20. The first-order chi connectivity index (χ1) is 12.8. The van der Waals surface area contributed by atoms with E-state index in [4.69, 9.17) is 11.6 Å². The summed E-state index contributed by atoms with van der Waals surface area (Å²) in [7, 11) is 0. The molecule has 0 radical (unpaired) electrons. The maximum absolute atomic E-state index is 14.2. The number of nitrogens with one attached hydrogen (secondary N) is 1. The maximum Gasteiger partial charge on any atom is 0.418 e. The van der Waals surface area contributed by atoms with Gasteiger partial charge in [0.2, 0.25) is 0 Å². The van der Waals surface area contributed by atoms with Crippen LogP contribution in [0.15, 0.2) is 36.4 Å². The summed E-state index contributed by atoms with van der Waals surface area (Å²) in [5.74, 6) is -1.23. The van der Waals surface area contributed by atoms with Gasteiger partial charge in [-0.2, -0.15) is 18.3 Å². The Bertz CT molecular complexity index is 1040. The van der Waals surface area contributed by atoms with E-state index in [1.807, 2.05) is 0 Å². The molecule has 0 fully saturated rings. The van der Waals surface area contributed by atoms with Crippen molar-refractivity contribution in [1.29, 1.82) is 0 Å². The van der Waals surface area contributed by atoms with E-state index in [0.29, 0.717) is 30.4 Å². The standard InChI is InChI=1S/C18H11ClF5N3/c19-9-1-4-15(13(7-9)18(22,23)24)27-17-12(5-6-25-17)16(26-27)11-3-2-10(20)8-14(11)21/h1-4,7-8,25H,5-6H2. The molecule has 1 aliphatic heterocycles. The van der Waals surface area contributed by atoms with Gasteiger partial charge in [0, 0.05) is 28.8 Å². The molecule has 0 spiro atoms. The monoisotopic (exact) mass is 399 g/mol. The Morgan fingerprint density at radius 2 is 1.85 bits per heavy atom. The quantitative estimate of drug-likeness (QED) is 0.580. The largest absolute Gasteiger partial charge is 0.418 e. The van der Waals surface area contributed by atoms with Gasteiger partial charge in [-0.25, -0.2) is 13.5 Å². The molecule has 0 saturated heterocycles. The fourth-order valence-corrected chi connectivity index (χ4v) is 3.34. The van der Waals surface area contributed by atoms with Crippen molar-refractivity contribution >= 4 is 17.4 Å². The summed E-state index contributed by atoms with van der Waals surface area (Å²) in [4.78, 5) is 0. The molecule has 1 aromatic heterocycles. The van der Waals surface area contributed by atoms with Crippen LogP contribution in [-0.4, -0.2) is 16.3 Å². The number of alkyl halides is 3. The highest BCUT2D eigenvalue weighted by Gasteiger charge is 2.36. The highest BCUT2D eigenvalue weighted by atomic mass is 35.5. The van der Waals surface area contributed by atoms with Crippen LogP contribution in [0.2, 0.25) is 5.02 Å². The number of rotatable bonds is 2. The number of hydrogen-bond acceptors (Lipinski definition) is 2. The predicted octanol–water partition coefficient (Wildman–Crippen LogP) is 5.46. The van der Waals surface area contributed by atoms with Crippen LogP contribution in [0.25, 0.3) is 16.9 Å². The molecule has 2 heterocycles. The molecule has 1 N–H and O–H groups in total. The summed E-state index contributed by atoms with van der Waals surface area (Å²) in [5.41, 5.74) is -0.414. The van der Waals surface area contributed by atoms with Crippen molar-refractivity contribution in [1.82, 2.24) is 9.78 Å². The average molecular weight is 400 g/mol. The fraction of sp³-hybridized carbons (Fsp3) is 0.167. The molecule has 0 bridgehead atoms. The zero-order valence-corrected chi connectivity index (χ0v) is 14.3. The first kappa shape index (κ1) is 17.8. The molecular weight excluding hydrogens is 389 g/mol. The number of hydrogen-bond donors (Lipinski definition) is 1. The van der Waals surface area contributed by atoms with Crippen LogP contribution in [0.3, 0.4) is 0 Å². The minimum absolute atomic E-state index is 0.0256. The Hall–Kier alpha value is -2.61. The first-order valence-corrected chi connectivity index (χ1v) is 8.32. The van der Waals surface area contributed by atoms with Gasteiger partial charge >= 0.3 is 6.18 Å². The van der Waals surface area contributed by atoms with Gasteiger partial charge in [0.25, 0.3) is 0 Å². The third-order valence-corrected chi connectivity index (χ3v) is 4.56. The Balaban J connectivity index is 1.95. The molecule has 0 saturated carbocycles. The van der Waals surface area contributed by atoms with Crippen LogP contribution in [0, 0.1) is 11.6 Å². The van der Waals surface area contributed by atoms with E-state index in [1.165, 1.54) is 18.2 Å². The van der Waals surface area contributed by atoms with Crippen LogP contribution in [-0.2, 0) is 12.6 Å². The Morgan fingerprint density at radius 1 is 1.07 bits per heavy atom. The van der Waals surface area contributed by atoms with Crippen LogP contribution in [0.5, 0.6) is 0 Å². The molecule has 3 aromatic rings. The summed E-state index contributed by atoms with van der Waals surface area (Å²) in [5, 5.41) is 7.14. The van der Waals surface area contributed by atoms with Gasteiger partial charge < -0.3 is 5.32 Å². The van der Waals surface area contributed by atoms with E-state index in [-0.39, 0.29) is 22.0 Å². The lowest BCUT2D eigenvalue weighted by molar-refractivity contribution is -0.137. The third kappa shape index (κ3) is 3.03. The molecule has 3 nitrogen and oxygen atoms in total. The lowest BCUT2D eigenvalue weighted by Gasteiger charge is -2.15. The van der Waals surface area contributed by atoms with Crippen molar-refractivity contribution in [2.45, 2.75) is 12.6 Å². The molecule has 1 aliphatic rings. The molecule has 9 heteroatoms. The number of halogens is 6. The number of fused-ring (bicyclic) bond motifs is 1. The first-order valence-electron chi connectivity index (χ1n) is 7.94. The van der Waals surface area contributed by atoms with Crippen molar-refractivity contribution in [2.75, 3.05) is 11.9 Å². The number of benzene rings is 2. The molecule has 140 valence electrons. The third-order valence-electron chi connectivity index (χ3n) is 4.33. The molecule has 27 heavy (non-hydrogen) atoms. The van der Waals surface area contributed by atoms with Gasteiger partial charge in [0.15, 0.2) is 0 Å². The van der Waals surface area contributed by atoms with Gasteiger partial charge in [-0.05, 0) is 36.8 Å². The van der Waals surface area contributed by atoms with Gasteiger partial charge in [0.1, 0.15) is 23.1 Å². The van der Waals surface area contributed by atoms with E-state index >= 15 is 0 Å². The van der Waals surface area contributed by atoms with Crippen molar-refractivity contribution < 1.29 is 22.0 Å². The number of nitrogens with zero attached hydrogens (tertiary/aromatic N) is 2. The zero-order valence-electron chi connectivity index (χ0n) is 13.5. The SMILES string of the molecule is Fc1ccc(-c2nn(-c3ccc(Cl)cc3C(F)(F)F)c3c2CCN3)c(F)c1. The molecule has 0 unspecified atom stereocenters. The summed E-state index contributed by atoms with van der Waals surface area (Å²) in [6.45, 7) is 0.470. The van der Waals surface area contributed by atoms with Crippen LogP contribution >= 0.6 is 11.6 Å². The lowest BCUT2D eigenvalue weighted by Crippen LogP contribution is -2.13. The predicted molar refractivity (Wildman–Crippen MR) is 91.1 cm³/mol. The topological polar surface area (TPSA) is 29.9 Å². The van der Waals surface area contributed by atoms with Crippen molar-refractivity contribution in [3.63, 3.8) is 0 Å². The summed E-state index contributed by atoms with van der Waals surface area (Å²) >= 11 is 5.73. The lowest BCUT2D eigenvalue weighted by atomic mass is 10.1. The molecule has 0 atom stereocenters. The number of aromatic nitrogens is 2. The van der Waals surface area contributed by atoms with Crippen molar-refractivity contribution in [3.8, 4) is 16.9 Å². The Kier molecular flexibility index (Phi) is 4.10. The van der Waals surface area contributed by atoms with E-state index in [9.17, 15) is 22.0 Å². The normalized spacial score (nSPS) is 13.6. The highest BCUT2D eigenvalue weighted by Crippen LogP contribution is 2.40. The maximum atomic E-state index is 14.2. The molecule has 2 aromatic carbocycles. The van der Waals surface area contributed by atoms with Crippen LogP contribution in [0.4, 0.5) is 27.8 Å². The highest BCUT2D eigenvalue weighted by molar-refractivity contribution is 6.30. The molecule has 0 amide bonds. The van der Waals surface area contributed by atoms with Crippen LogP contribution in [0.1, 0.15) is 11.1 Å². The fourth-order valence-electron chi connectivity index (χ4n) is 3.17. The van der Waals surface area contributed by atoms with Crippen molar-refractivity contribution in [3.05, 3.63) is 64.2 Å². The van der Waals surface area contributed by atoms with Gasteiger partial charge in [-0.15, -0.1) is 0 Å². The second-order valence-electron chi connectivity index (χ2n) is 6.05. The van der Waals surface area contributed by atoms with Gasteiger partial charge in [-0.3, -0.25) is 0 Å². The second kappa shape index (κ2) is 6.23.